The van der Waals surface area contributed by atoms with E-state index >= 15 is 0 Å². The molecule has 3 rings (SSSR count). The Labute approximate surface area is 188 Å². The van der Waals surface area contributed by atoms with Crippen LogP contribution in [0.2, 0.25) is 5.02 Å². The van der Waals surface area contributed by atoms with Gasteiger partial charge in [0.05, 0.1) is 5.75 Å². The van der Waals surface area contributed by atoms with Crippen LogP contribution in [0.15, 0.2) is 60.2 Å². The second-order valence-electron chi connectivity index (χ2n) is 7.54. The van der Waals surface area contributed by atoms with Gasteiger partial charge in [-0.2, -0.15) is 0 Å². The summed E-state index contributed by atoms with van der Waals surface area (Å²) in [6.45, 7) is 4.14. The Hall–Kier alpha value is -2.61. The Kier molecular flexibility index (Phi) is 7.54. The summed E-state index contributed by atoms with van der Waals surface area (Å²) in [4.78, 5) is 12.3. The largest absolute Gasteiger partial charge is 0.488 e. The van der Waals surface area contributed by atoms with E-state index in [1.54, 1.807) is 38.1 Å². The van der Waals surface area contributed by atoms with Gasteiger partial charge in [-0.1, -0.05) is 41.9 Å². The number of fused-ring (bicyclic) bond motifs is 1. The van der Waals surface area contributed by atoms with Gasteiger partial charge in [0.2, 0.25) is 15.9 Å². The average molecular weight is 461 g/mol. The molecule has 2 aromatic carbocycles. The van der Waals surface area contributed by atoms with Crippen LogP contribution in [0.3, 0.4) is 0 Å². The van der Waals surface area contributed by atoms with E-state index in [2.05, 4.69) is 10.0 Å². The lowest BCUT2D eigenvalue weighted by Gasteiger charge is -2.16. The van der Waals surface area contributed by atoms with Crippen molar-refractivity contribution in [2.45, 2.75) is 32.2 Å². The molecule has 0 unspecified atom stereocenters. The highest BCUT2D eigenvalue weighted by molar-refractivity contribution is 7.88. The fourth-order valence-corrected chi connectivity index (χ4v) is 4.84. The zero-order chi connectivity index (χ0) is 22.4. The van der Waals surface area contributed by atoms with Gasteiger partial charge in [-0.3, -0.25) is 4.79 Å². The number of hydrogen-bond donors (Lipinski definition) is 2. The quantitative estimate of drug-likeness (QED) is 0.586. The third-order valence-corrected chi connectivity index (χ3v) is 6.24. The Morgan fingerprint density at radius 3 is 2.68 bits per heavy atom. The van der Waals surface area contributed by atoms with Crippen LogP contribution in [0.5, 0.6) is 5.75 Å². The van der Waals surface area contributed by atoms with Gasteiger partial charge < -0.3 is 10.1 Å². The van der Waals surface area contributed by atoms with Gasteiger partial charge in [0.15, 0.2) is 0 Å². The summed E-state index contributed by atoms with van der Waals surface area (Å²) in [6.07, 6.45) is 5.06. The van der Waals surface area contributed by atoms with Crippen LogP contribution < -0.4 is 14.8 Å². The maximum Gasteiger partial charge on any atom is 0.244 e. The average Bonchev–Trinajstić information content (AvgIpc) is 2.70. The van der Waals surface area contributed by atoms with Crippen LogP contribution >= 0.6 is 11.6 Å². The van der Waals surface area contributed by atoms with Gasteiger partial charge >= 0.3 is 0 Å². The van der Waals surface area contributed by atoms with Crippen molar-refractivity contribution in [1.29, 1.82) is 0 Å². The second kappa shape index (κ2) is 10.1. The molecular weight excluding hydrogens is 436 g/mol. The smallest absolute Gasteiger partial charge is 0.244 e. The van der Waals surface area contributed by atoms with E-state index < -0.39 is 10.0 Å². The van der Waals surface area contributed by atoms with Crippen LogP contribution in [0, 0.1) is 0 Å². The highest BCUT2D eigenvalue weighted by Crippen LogP contribution is 2.29. The van der Waals surface area contributed by atoms with Crippen molar-refractivity contribution in [3.63, 3.8) is 0 Å². The summed E-state index contributed by atoms with van der Waals surface area (Å²) in [5, 5.41) is 3.42. The van der Waals surface area contributed by atoms with Crippen molar-refractivity contribution < 1.29 is 17.9 Å². The van der Waals surface area contributed by atoms with Crippen LogP contribution in [-0.4, -0.2) is 27.0 Å². The van der Waals surface area contributed by atoms with Crippen molar-refractivity contribution >= 4 is 33.6 Å². The number of carbonyl (C=O) groups excluding carboxylic acids is 1. The fraction of sp³-hybridized carbons (Fsp3) is 0.261. The van der Waals surface area contributed by atoms with E-state index in [0.717, 1.165) is 22.4 Å². The third-order valence-electron chi connectivity index (χ3n) is 4.49. The Morgan fingerprint density at radius 2 is 1.94 bits per heavy atom. The van der Waals surface area contributed by atoms with Gasteiger partial charge in [0.1, 0.15) is 12.4 Å². The van der Waals surface area contributed by atoms with E-state index in [-0.39, 0.29) is 24.2 Å². The monoisotopic (exact) mass is 460 g/mol. The zero-order valence-electron chi connectivity index (χ0n) is 17.4. The van der Waals surface area contributed by atoms with Crippen molar-refractivity contribution in [3.05, 3.63) is 81.9 Å². The molecule has 0 saturated heterocycles. The summed E-state index contributed by atoms with van der Waals surface area (Å²) in [7, 11) is -3.45. The van der Waals surface area contributed by atoms with Crippen LogP contribution in [-0.2, 0) is 27.1 Å². The highest BCUT2D eigenvalue weighted by Gasteiger charge is 2.15. The molecule has 1 heterocycles. The topological polar surface area (TPSA) is 84.5 Å². The van der Waals surface area contributed by atoms with Gasteiger partial charge in [-0.15, -0.1) is 0 Å². The van der Waals surface area contributed by atoms with Gasteiger partial charge in [0.25, 0.3) is 0 Å². The van der Waals surface area contributed by atoms with Crippen molar-refractivity contribution in [2.24, 2.45) is 0 Å². The van der Waals surface area contributed by atoms with E-state index in [9.17, 15) is 13.2 Å². The van der Waals surface area contributed by atoms with E-state index in [1.165, 1.54) is 6.08 Å². The van der Waals surface area contributed by atoms with Gasteiger partial charge in [0, 0.05) is 29.2 Å². The third kappa shape index (κ3) is 6.95. The first kappa shape index (κ1) is 23.1. The van der Waals surface area contributed by atoms with Crippen LogP contribution in [0.4, 0.5) is 0 Å². The molecule has 0 saturated carbocycles. The molecule has 0 spiro atoms. The Balaban J connectivity index is 1.62. The minimum absolute atomic E-state index is 0.140. The summed E-state index contributed by atoms with van der Waals surface area (Å²) < 4.78 is 32.7. The lowest BCUT2D eigenvalue weighted by molar-refractivity contribution is -0.116. The number of halogens is 1. The van der Waals surface area contributed by atoms with E-state index in [4.69, 9.17) is 16.3 Å². The van der Waals surface area contributed by atoms with Crippen LogP contribution in [0.1, 0.15) is 30.5 Å². The lowest BCUT2D eigenvalue weighted by Crippen LogP contribution is -2.31. The highest BCUT2D eigenvalue weighted by atomic mass is 35.5. The number of nitrogens with one attached hydrogen (secondary N) is 2. The summed E-state index contributed by atoms with van der Waals surface area (Å²) >= 11 is 6.02. The van der Waals surface area contributed by atoms with E-state index in [1.807, 2.05) is 30.3 Å². The van der Waals surface area contributed by atoms with E-state index in [0.29, 0.717) is 17.2 Å². The zero-order valence-corrected chi connectivity index (χ0v) is 19.0. The molecule has 0 aliphatic carbocycles. The Bertz CT molecular complexity index is 1120. The predicted molar refractivity (Wildman–Crippen MR) is 123 cm³/mol. The number of carbonyl (C=O) groups is 1. The normalized spacial score (nSPS) is 13.6. The standard InChI is InChI=1S/C23H25ClN2O4S/c1-16(2)26-31(28,29)15-19-6-4-3-5-18(19)13-25-23(27)10-7-17-11-20-12-21(24)8-9-22(20)30-14-17/h3-12,16,26H,13-15H2,1-2H3,(H,25,27)/b10-7+. The number of amides is 1. The first-order valence-corrected chi connectivity index (χ1v) is 11.9. The van der Waals surface area contributed by atoms with Gasteiger partial charge in [-0.25, -0.2) is 13.1 Å². The van der Waals surface area contributed by atoms with Crippen LogP contribution in [0.25, 0.3) is 6.08 Å². The molecule has 6 nitrogen and oxygen atoms in total. The molecular formula is C23H25ClN2O4S. The number of rotatable bonds is 8. The first-order chi connectivity index (χ1) is 14.7. The molecule has 1 aliphatic heterocycles. The fourth-order valence-electron chi connectivity index (χ4n) is 3.16. The molecule has 164 valence electrons. The molecule has 2 aromatic rings. The SMILES string of the molecule is CC(C)NS(=O)(=O)Cc1ccccc1CNC(=O)/C=C/C1=Cc2cc(Cl)ccc2OC1. The molecule has 0 aromatic heterocycles. The molecule has 0 bridgehead atoms. The number of hydrogen-bond acceptors (Lipinski definition) is 4. The van der Waals surface area contributed by atoms with Crippen molar-refractivity contribution in [1.82, 2.24) is 10.0 Å². The Morgan fingerprint density at radius 1 is 1.19 bits per heavy atom. The molecule has 0 radical (unpaired) electrons. The van der Waals surface area contributed by atoms with Crippen molar-refractivity contribution in [2.75, 3.05) is 6.61 Å². The predicted octanol–water partition coefficient (Wildman–Crippen LogP) is 3.82. The number of ether oxygens (including phenoxy) is 1. The molecule has 8 heteroatoms. The maximum absolute atomic E-state index is 12.3. The van der Waals surface area contributed by atoms with Gasteiger partial charge in [-0.05, 0) is 54.8 Å². The molecule has 0 atom stereocenters. The molecule has 0 fully saturated rings. The molecule has 2 N–H and O–H groups in total. The van der Waals surface area contributed by atoms with Crippen molar-refractivity contribution in [3.8, 4) is 5.75 Å². The minimum atomic E-state index is -3.45. The first-order valence-electron chi connectivity index (χ1n) is 9.87. The summed E-state index contributed by atoms with van der Waals surface area (Å²) in [5.74, 6) is 0.333. The number of benzene rings is 2. The minimum Gasteiger partial charge on any atom is -0.488 e. The lowest BCUT2D eigenvalue weighted by atomic mass is 10.1. The molecule has 1 aliphatic rings. The maximum atomic E-state index is 12.3. The summed E-state index contributed by atoms with van der Waals surface area (Å²) in [6, 6.07) is 12.4. The summed E-state index contributed by atoms with van der Waals surface area (Å²) in [5.41, 5.74) is 3.11. The second-order valence-corrected chi connectivity index (χ2v) is 9.73. The molecule has 1 amide bonds. The number of sulfonamides is 1. The molecule has 31 heavy (non-hydrogen) atoms.